The van der Waals surface area contributed by atoms with E-state index in [-0.39, 0.29) is 5.75 Å². The molecule has 128 valence electrons. The highest BCUT2D eigenvalue weighted by atomic mass is 79.9. The minimum atomic E-state index is -0.427. The van der Waals surface area contributed by atoms with Crippen LogP contribution in [0.25, 0.3) is 10.9 Å². The number of halogens is 1. The molecular weight excluding hydrogens is 382 g/mol. The van der Waals surface area contributed by atoms with E-state index in [1.165, 1.54) is 0 Å². The van der Waals surface area contributed by atoms with Gasteiger partial charge in [0.05, 0.1) is 11.1 Å². The molecular formula is C19H18BrN3O2. The Bertz CT molecular complexity index is 955. The van der Waals surface area contributed by atoms with Crippen LogP contribution in [0.1, 0.15) is 28.5 Å². The summed E-state index contributed by atoms with van der Waals surface area (Å²) in [5, 5.41) is 17.1. The molecule has 5 nitrogen and oxygen atoms in total. The second-order valence-corrected chi connectivity index (χ2v) is 6.39. The molecule has 0 spiro atoms. The van der Waals surface area contributed by atoms with E-state index in [9.17, 15) is 4.79 Å². The van der Waals surface area contributed by atoms with Crippen LogP contribution in [0.5, 0.6) is 5.75 Å². The number of phenolic OH excluding ortho intramolecular Hbond substituents is 1. The van der Waals surface area contributed by atoms with Gasteiger partial charge < -0.3 is 16.2 Å². The van der Waals surface area contributed by atoms with Gasteiger partial charge in [0.1, 0.15) is 5.75 Å². The quantitative estimate of drug-likeness (QED) is 0.563. The minimum absolute atomic E-state index is 0.176. The largest absolute Gasteiger partial charge is 0.507 e. The van der Waals surface area contributed by atoms with Crippen LogP contribution < -0.4 is 5.73 Å². The summed E-state index contributed by atoms with van der Waals surface area (Å²) in [7, 11) is 0. The Morgan fingerprint density at radius 1 is 1.16 bits per heavy atom. The molecule has 0 aliphatic rings. The fraction of sp³-hybridized carbons (Fsp3) is 0.105. The number of amides is 1. The summed E-state index contributed by atoms with van der Waals surface area (Å²) in [6.07, 6.45) is 0. The average Bonchev–Trinajstić information content (AvgIpc) is 2.55. The summed E-state index contributed by atoms with van der Waals surface area (Å²) in [5.41, 5.74) is 8.39. The smallest absolute Gasteiger partial charge is 0.249 e. The number of aryl methyl sites for hydroxylation is 1. The monoisotopic (exact) mass is 399 g/mol. The number of nitrogens with zero attached hydrogens (tertiary/aromatic N) is 1. The number of phenols is 1. The lowest BCUT2D eigenvalue weighted by molar-refractivity contribution is 0.100. The van der Waals surface area contributed by atoms with Crippen LogP contribution in [0.2, 0.25) is 0 Å². The van der Waals surface area contributed by atoms with Crippen LogP contribution in [0, 0.1) is 12.3 Å². The van der Waals surface area contributed by atoms with Gasteiger partial charge in [-0.05, 0) is 50.2 Å². The summed E-state index contributed by atoms with van der Waals surface area (Å²) in [5.74, 6) is -0.251. The Morgan fingerprint density at radius 3 is 2.40 bits per heavy atom. The molecule has 0 bridgehead atoms. The third-order valence-corrected chi connectivity index (χ3v) is 3.97. The van der Waals surface area contributed by atoms with Crippen LogP contribution in [-0.4, -0.2) is 21.7 Å². The molecule has 1 aromatic heterocycles. The Kier molecular flexibility index (Phi) is 5.88. The molecule has 0 unspecified atom stereocenters. The number of nitrogens with one attached hydrogen (secondary N) is 1. The van der Waals surface area contributed by atoms with Gasteiger partial charge >= 0.3 is 0 Å². The van der Waals surface area contributed by atoms with Crippen LogP contribution in [0.4, 0.5) is 0 Å². The topological polar surface area (TPSA) is 100 Å². The van der Waals surface area contributed by atoms with Crippen molar-refractivity contribution >= 4 is 38.5 Å². The SMILES string of the molecule is CC(=N)c1ccccc1O.Cc1cc(C(N)=O)c2cc(Br)ccc2n1. The van der Waals surface area contributed by atoms with Gasteiger partial charge in [-0.1, -0.05) is 28.1 Å². The van der Waals surface area contributed by atoms with Crippen molar-refractivity contribution in [3.8, 4) is 5.75 Å². The van der Waals surface area contributed by atoms with Gasteiger partial charge in [0, 0.05) is 26.8 Å². The number of hydrogen-bond donors (Lipinski definition) is 3. The van der Waals surface area contributed by atoms with E-state index in [0.717, 1.165) is 21.1 Å². The van der Waals surface area contributed by atoms with E-state index in [0.29, 0.717) is 16.8 Å². The molecule has 0 radical (unpaired) electrons. The molecule has 0 saturated heterocycles. The van der Waals surface area contributed by atoms with Gasteiger partial charge in [0.2, 0.25) is 5.91 Å². The summed E-state index contributed by atoms with van der Waals surface area (Å²) in [6.45, 7) is 3.49. The molecule has 4 N–H and O–H groups in total. The van der Waals surface area contributed by atoms with Crippen LogP contribution in [0.15, 0.2) is 53.0 Å². The number of rotatable bonds is 2. The molecule has 6 heteroatoms. The van der Waals surface area contributed by atoms with Crippen LogP contribution in [-0.2, 0) is 0 Å². The summed E-state index contributed by atoms with van der Waals surface area (Å²) in [4.78, 5) is 15.6. The van der Waals surface area contributed by atoms with Crippen molar-refractivity contribution in [1.82, 2.24) is 4.98 Å². The lowest BCUT2D eigenvalue weighted by atomic mass is 10.1. The highest BCUT2D eigenvalue weighted by molar-refractivity contribution is 9.10. The number of carbonyl (C=O) groups is 1. The average molecular weight is 400 g/mol. The van der Waals surface area contributed by atoms with Crippen molar-refractivity contribution in [3.05, 3.63) is 69.8 Å². The van der Waals surface area contributed by atoms with Crippen LogP contribution in [0.3, 0.4) is 0 Å². The molecule has 2 aromatic carbocycles. The highest BCUT2D eigenvalue weighted by Gasteiger charge is 2.08. The number of nitrogens with two attached hydrogens (primary N) is 1. The standard InChI is InChI=1S/C11H9BrN2O.C8H9NO/c1-6-4-9(11(13)15)8-5-7(12)2-3-10(8)14-6;1-6(9)7-4-2-3-5-8(7)10/h2-5H,1H3,(H2,13,15);2-5,9-10H,1H3. The number of aromatic hydroxyl groups is 1. The first-order chi connectivity index (χ1) is 11.8. The summed E-state index contributed by atoms with van der Waals surface area (Å²) >= 11 is 3.35. The molecule has 0 fully saturated rings. The Labute approximate surface area is 154 Å². The highest BCUT2D eigenvalue weighted by Crippen LogP contribution is 2.22. The van der Waals surface area contributed by atoms with E-state index in [4.69, 9.17) is 16.2 Å². The van der Waals surface area contributed by atoms with Gasteiger partial charge in [0.25, 0.3) is 0 Å². The summed E-state index contributed by atoms with van der Waals surface area (Å²) in [6, 6.07) is 14.1. The first-order valence-corrected chi connectivity index (χ1v) is 8.29. The maximum absolute atomic E-state index is 11.3. The van der Waals surface area contributed by atoms with E-state index < -0.39 is 5.91 Å². The van der Waals surface area contributed by atoms with E-state index in [2.05, 4.69) is 20.9 Å². The zero-order chi connectivity index (χ0) is 18.6. The lowest BCUT2D eigenvalue weighted by Crippen LogP contribution is -2.12. The Morgan fingerprint density at radius 2 is 1.84 bits per heavy atom. The summed E-state index contributed by atoms with van der Waals surface area (Å²) < 4.78 is 0.906. The van der Waals surface area contributed by atoms with Crippen molar-refractivity contribution in [2.24, 2.45) is 5.73 Å². The van der Waals surface area contributed by atoms with Crippen LogP contribution >= 0.6 is 15.9 Å². The van der Waals surface area contributed by atoms with Crippen molar-refractivity contribution in [2.45, 2.75) is 13.8 Å². The molecule has 3 rings (SSSR count). The number of carbonyl (C=O) groups excluding carboxylic acids is 1. The number of para-hydroxylation sites is 1. The molecule has 0 aliphatic carbocycles. The second kappa shape index (κ2) is 7.90. The lowest BCUT2D eigenvalue weighted by Gasteiger charge is -2.04. The number of benzene rings is 2. The molecule has 3 aromatic rings. The van der Waals surface area contributed by atoms with Gasteiger partial charge in [-0.2, -0.15) is 0 Å². The Hall–Kier alpha value is -2.73. The second-order valence-electron chi connectivity index (χ2n) is 5.48. The maximum atomic E-state index is 11.3. The van der Waals surface area contributed by atoms with Gasteiger partial charge in [-0.25, -0.2) is 0 Å². The zero-order valence-corrected chi connectivity index (χ0v) is 15.5. The molecule has 0 saturated carbocycles. The molecule has 25 heavy (non-hydrogen) atoms. The Balaban J connectivity index is 0.000000196. The molecule has 1 heterocycles. The number of primary amides is 1. The fourth-order valence-corrected chi connectivity index (χ4v) is 2.69. The third kappa shape index (κ3) is 4.64. The van der Waals surface area contributed by atoms with E-state index in [1.54, 1.807) is 37.3 Å². The minimum Gasteiger partial charge on any atom is -0.507 e. The van der Waals surface area contributed by atoms with Crippen molar-refractivity contribution in [1.29, 1.82) is 5.41 Å². The number of hydrogen-bond acceptors (Lipinski definition) is 4. The van der Waals surface area contributed by atoms with E-state index >= 15 is 0 Å². The first kappa shape index (κ1) is 18.6. The van der Waals surface area contributed by atoms with Gasteiger partial charge in [0.15, 0.2) is 0 Å². The molecule has 1 amide bonds. The maximum Gasteiger partial charge on any atom is 0.249 e. The molecule has 0 aliphatic heterocycles. The third-order valence-electron chi connectivity index (χ3n) is 3.47. The fourth-order valence-electron chi connectivity index (χ4n) is 2.32. The zero-order valence-electron chi connectivity index (χ0n) is 13.9. The predicted molar refractivity (Wildman–Crippen MR) is 103 cm³/mol. The number of pyridine rings is 1. The van der Waals surface area contributed by atoms with E-state index in [1.807, 2.05) is 25.1 Å². The number of aromatic nitrogens is 1. The van der Waals surface area contributed by atoms with Crippen molar-refractivity contribution < 1.29 is 9.90 Å². The molecule has 0 atom stereocenters. The first-order valence-electron chi connectivity index (χ1n) is 7.50. The van der Waals surface area contributed by atoms with Crippen molar-refractivity contribution in [3.63, 3.8) is 0 Å². The van der Waals surface area contributed by atoms with Gasteiger partial charge in [-0.15, -0.1) is 0 Å². The normalized spacial score (nSPS) is 10.0. The van der Waals surface area contributed by atoms with Crippen molar-refractivity contribution in [2.75, 3.05) is 0 Å². The number of fused-ring (bicyclic) bond motifs is 1. The predicted octanol–water partition coefficient (Wildman–Crippen LogP) is 4.18. The van der Waals surface area contributed by atoms with Gasteiger partial charge in [-0.3, -0.25) is 9.78 Å².